The van der Waals surface area contributed by atoms with Gasteiger partial charge in [0.1, 0.15) is 5.82 Å². The summed E-state index contributed by atoms with van der Waals surface area (Å²) in [6, 6.07) is 15.0. The Morgan fingerprint density at radius 1 is 1.13 bits per heavy atom. The van der Waals surface area contributed by atoms with Gasteiger partial charge in [0.25, 0.3) is 5.56 Å². The van der Waals surface area contributed by atoms with Crippen LogP contribution in [-0.4, -0.2) is 37.0 Å². The van der Waals surface area contributed by atoms with Crippen molar-refractivity contribution in [1.29, 1.82) is 0 Å². The third-order valence-corrected chi connectivity index (χ3v) is 6.03. The predicted molar refractivity (Wildman–Crippen MR) is 125 cm³/mol. The molecule has 1 atom stereocenters. The van der Waals surface area contributed by atoms with Crippen molar-refractivity contribution < 1.29 is 4.79 Å². The Hall–Kier alpha value is -3.13. The van der Waals surface area contributed by atoms with Crippen LogP contribution in [0, 0.1) is 0 Å². The summed E-state index contributed by atoms with van der Waals surface area (Å²) in [7, 11) is 1.98. The van der Waals surface area contributed by atoms with E-state index < -0.39 is 0 Å². The van der Waals surface area contributed by atoms with Crippen molar-refractivity contribution in [1.82, 2.24) is 24.4 Å². The highest BCUT2D eigenvalue weighted by Crippen LogP contribution is 2.23. The molecule has 7 nitrogen and oxygen atoms in total. The number of aromatic nitrogens is 4. The molecule has 31 heavy (non-hydrogen) atoms. The van der Waals surface area contributed by atoms with Crippen LogP contribution in [0.3, 0.4) is 0 Å². The largest absolute Gasteiger partial charge is 0.346 e. The molecule has 0 unspecified atom stereocenters. The first kappa shape index (κ1) is 21.1. The highest BCUT2D eigenvalue weighted by molar-refractivity contribution is 7.98. The summed E-state index contributed by atoms with van der Waals surface area (Å²) in [4.78, 5) is 34.5. The number of para-hydroxylation sites is 3. The van der Waals surface area contributed by atoms with Crippen LogP contribution in [0.15, 0.2) is 59.7 Å². The third-order valence-electron chi connectivity index (χ3n) is 5.39. The summed E-state index contributed by atoms with van der Waals surface area (Å²) in [5.41, 5.74) is 2.48. The smallest absolute Gasteiger partial charge is 0.261 e. The van der Waals surface area contributed by atoms with Gasteiger partial charge in [-0.05, 0) is 42.7 Å². The van der Waals surface area contributed by atoms with Crippen LogP contribution in [0.2, 0.25) is 0 Å². The van der Waals surface area contributed by atoms with E-state index in [0.717, 1.165) is 29.0 Å². The molecule has 0 spiro atoms. The van der Waals surface area contributed by atoms with Gasteiger partial charge in [-0.3, -0.25) is 14.2 Å². The second-order valence-corrected chi connectivity index (χ2v) is 8.42. The van der Waals surface area contributed by atoms with Gasteiger partial charge >= 0.3 is 0 Å². The van der Waals surface area contributed by atoms with Crippen LogP contribution in [0.4, 0.5) is 0 Å². The molecule has 2 aromatic carbocycles. The molecule has 160 valence electrons. The molecule has 2 heterocycles. The molecule has 0 aliphatic rings. The number of nitrogens with one attached hydrogen (secondary N) is 1. The molecule has 0 fully saturated rings. The zero-order chi connectivity index (χ0) is 21.8. The number of carbonyl (C=O) groups excluding carboxylic acids is 1. The lowest BCUT2D eigenvalue weighted by atomic mass is 10.2. The lowest BCUT2D eigenvalue weighted by Crippen LogP contribution is -2.32. The molecular formula is C23H25N5O2S. The van der Waals surface area contributed by atoms with Crippen LogP contribution >= 0.6 is 11.8 Å². The Kier molecular flexibility index (Phi) is 6.36. The van der Waals surface area contributed by atoms with E-state index in [0.29, 0.717) is 10.9 Å². The first-order chi connectivity index (χ1) is 15.1. The van der Waals surface area contributed by atoms with Gasteiger partial charge in [-0.15, -0.1) is 0 Å². The van der Waals surface area contributed by atoms with E-state index in [9.17, 15) is 9.59 Å². The van der Waals surface area contributed by atoms with Gasteiger partial charge in [0.2, 0.25) is 5.91 Å². The van der Waals surface area contributed by atoms with Crippen LogP contribution < -0.4 is 10.9 Å². The number of rotatable bonds is 8. The summed E-state index contributed by atoms with van der Waals surface area (Å²) < 4.78 is 3.53. The van der Waals surface area contributed by atoms with Crippen molar-refractivity contribution in [2.75, 3.05) is 12.0 Å². The summed E-state index contributed by atoms with van der Waals surface area (Å²) in [6.07, 6.45) is 4.53. The van der Waals surface area contributed by atoms with Gasteiger partial charge in [-0.2, -0.15) is 11.8 Å². The topological polar surface area (TPSA) is 81.8 Å². The van der Waals surface area contributed by atoms with Gasteiger partial charge in [-0.25, -0.2) is 9.97 Å². The molecule has 0 aliphatic heterocycles. The first-order valence-corrected chi connectivity index (χ1v) is 11.6. The number of fused-ring (bicyclic) bond motifs is 2. The predicted octanol–water partition coefficient (Wildman–Crippen LogP) is 3.28. The zero-order valence-electron chi connectivity index (χ0n) is 17.6. The number of amides is 1. The molecule has 0 bridgehead atoms. The van der Waals surface area contributed by atoms with E-state index >= 15 is 0 Å². The Morgan fingerprint density at radius 2 is 1.87 bits per heavy atom. The summed E-state index contributed by atoms with van der Waals surface area (Å²) in [5.74, 6) is 1.63. The number of hydrogen-bond donors (Lipinski definition) is 1. The second-order valence-electron chi connectivity index (χ2n) is 7.43. The Bertz CT molecular complexity index is 1280. The molecule has 0 saturated carbocycles. The average Bonchev–Trinajstić information content (AvgIpc) is 3.13. The highest BCUT2D eigenvalue weighted by atomic mass is 32.2. The molecule has 8 heteroatoms. The number of benzene rings is 2. The number of nitrogens with zero attached hydrogens (tertiary/aromatic N) is 4. The molecule has 0 radical (unpaired) electrons. The highest BCUT2D eigenvalue weighted by Gasteiger charge is 2.20. The van der Waals surface area contributed by atoms with Gasteiger partial charge in [0, 0.05) is 20.0 Å². The van der Waals surface area contributed by atoms with Gasteiger partial charge in [0.15, 0.2) is 0 Å². The molecular weight excluding hydrogens is 410 g/mol. The lowest BCUT2D eigenvalue weighted by molar-refractivity contribution is -0.122. The molecule has 1 amide bonds. The van der Waals surface area contributed by atoms with E-state index in [4.69, 9.17) is 4.98 Å². The lowest BCUT2D eigenvalue weighted by Gasteiger charge is -2.18. The molecule has 0 aliphatic carbocycles. The number of thioether (sulfide) groups is 1. The van der Waals surface area contributed by atoms with Crippen molar-refractivity contribution in [3.05, 3.63) is 71.0 Å². The van der Waals surface area contributed by atoms with Gasteiger partial charge in [-0.1, -0.05) is 24.3 Å². The first-order valence-electron chi connectivity index (χ1n) is 10.2. The van der Waals surface area contributed by atoms with Crippen molar-refractivity contribution in [3.8, 4) is 0 Å². The summed E-state index contributed by atoms with van der Waals surface area (Å²) >= 11 is 1.74. The van der Waals surface area contributed by atoms with E-state index in [1.165, 1.54) is 10.9 Å². The molecule has 4 rings (SSSR count). The van der Waals surface area contributed by atoms with Gasteiger partial charge in [0.05, 0.1) is 34.3 Å². The van der Waals surface area contributed by atoms with E-state index in [2.05, 4.69) is 10.3 Å². The maximum atomic E-state index is 12.8. The van der Waals surface area contributed by atoms with E-state index in [1.54, 1.807) is 23.9 Å². The van der Waals surface area contributed by atoms with Crippen molar-refractivity contribution in [2.24, 2.45) is 7.05 Å². The molecule has 2 aromatic heterocycles. The number of imidazole rings is 1. The molecule has 0 saturated heterocycles. The van der Waals surface area contributed by atoms with Crippen LogP contribution in [-0.2, 0) is 18.4 Å². The van der Waals surface area contributed by atoms with Crippen LogP contribution in [0.5, 0.6) is 0 Å². The normalized spacial score (nSPS) is 12.3. The quantitative estimate of drug-likeness (QED) is 0.459. The maximum Gasteiger partial charge on any atom is 0.261 e. The van der Waals surface area contributed by atoms with Crippen molar-refractivity contribution in [3.63, 3.8) is 0 Å². The minimum absolute atomic E-state index is 0.113. The fourth-order valence-electron chi connectivity index (χ4n) is 3.73. The second kappa shape index (κ2) is 9.34. The van der Waals surface area contributed by atoms with Crippen LogP contribution in [0.25, 0.3) is 21.9 Å². The van der Waals surface area contributed by atoms with E-state index in [-0.39, 0.29) is 30.5 Å². The Morgan fingerprint density at radius 3 is 2.65 bits per heavy atom. The van der Waals surface area contributed by atoms with E-state index in [1.807, 2.05) is 54.3 Å². The van der Waals surface area contributed by atoms with Crippen LogP contribution in [0.1, 0.15) is 24.7 Å². The monoisotopic (exact) mass is 435 g/mol. The Labute approximate surface area is 184 Å². The van der Waals surface area contributed by atoms with Gasteiger partial charge < -0.3 is 9.88 Å². The molecule has 1 N–H and O–H groups in total. The van der Waals surface area contributed by atoms with Crippen molar-refractivity contribution in [2.45, 2.75) is 25.4 Å². The fourth-order valence-corrected chi connectivity index (χ4v) is 4.20. The standard InChI is InChI=1S/C23H25N5O2S/c1-27-20-10-6-5-9-18(20)26-22(27)19(12-14-31-2)25-21(29)11-13-28-15-24-17-8-4-3-7-16(17)23(28)30/h3-10,15,19H,11-14H2,1-2H3,(H,25,29)/t19-/m0/s1. The SMILES string of the molecule is CSCC[C@H](NC(=O)CCn1cnc2ccccc2c1=O)c1nc2ccccc2n1C. The maximum absolute atomic E-state index is 12.8. The average molecular weight is 436 g/mol. The summed E-state index contributed by atoms with van der Waals surface area (Å²) in [5, 5.41) is 3.68. The number of aryl methyl sites for hydroxylation is 2. The number of hydrogen-bond acceptors (Lipinski definition) is 5. The summed E-state index contributed by atoms with van der Waals surface area (Å²) in [6.45, 7) is 0.278. The fraction of sp³-hybridized carbons (Fsp3) is 0.304. The zero-order valence-corrected chi connectivity index (χ0v) is 18.4. The minimum Gasteiger partial charge on any atom is -0.346 e. The minimum atomic E-state index is -0.191. The Balaban J connectivity index is 1.50. The third kappa shape index (κ3) is 4.49. The number of carbonyl (C=O) groups is 1. The van der Waals surface area contributed by atoms with Crippen molar-refractivity contribution >= 4 is 39.6 Å². The molecule has 4 aromatic rings.